The fraction of sp³-hybridized carbons (Fsp3) is 0.357. The van der Waals surface area contributed by atoms with Crippen molar-refractivity contribution in [2.75, 3.05) is 5.73 Å². The van der Waals surface area contributed by atoms with E-state index in [0.29, 0.717) is 6.04 Å². The van der Waals surface area contributed by atoms with E-state index in [9.17, 15) is 0 Å². The third-order valence-electron chi connectivity index (χ3n) is 3.55. The van der Waals surface area contributed by atoms with Crippen molar-refractivity contribution in [2.45, 2.75) is 32.2 Å². The number of benzene rings is 1. The van der Waals surface area contributed by atoms with Gasteiger partial charge >= 0.3 is 0 Å². The normalized spacial score (nSPS) is 19.0. The number of aryl methyl sites for hydroxylation is 2. The minimum absolute atomic E-state index is 0.415. The van der Waals surface area contributed by atoms with Crippen LogP contribution >= 0.6 is 0 Å². The first-order chi connectivity index (χ1) is 8.24. The minimum Gasteiger partial charge on any atom is -0.384 e. The molecule has 1 aromatic carbocycles. The van der Waals surface area contributed by atoms with Crippen LogP contribution in [0.4, 0.5) is 5.82 Å². The van der Waals surface area contributed by atoms with Crippen LogP contribution < -0.4 is 5.73 Å². The van der Waals surface area contributed by atoms with E-state index in [-0.39, 0.29) is 0 Å². The molecule has 0 radical (unpaired) electrons. The Morgan fingerprint density at radius 1 is 1.29 bits per heavy atom. The van der Waals surface area contributed by atoms with Gasteiger partial charge in [0.05, 0.1) is 11.7 Å². The second-order valence-electron chi connectivity index (χ2n) is 4.82. The number of hydrogen-bond acceptors (Lipinski definition) is 2. The van der Waals surface area contributed by atoms with Gasteiger partial charge in [-0.15, -0.1) is 0 Å². The molecule has 1 aromatic heterocycles. The molecule has 2 N–H and O–H groups in total. The molecule has 17 heavy (non-hydrogen) atoms. The predicted octanol–water partition coefficient (Wildman–Crippen LogP) is 2.50. The summed E-state index contributed by atoms with van der Waals surface area (Å²) in [5.74, 6) is 0.784. The van der Waals surface area contributed by atoms with Crippen molar-refractivity contribution in [3.8, 4) is 0 Å². The van der Waals surface area contributed by atoms with Gasteiger partial charge in [0.15, 0.2) is 0 Å². The first-order valence-electron chi connectivity index (χ1n) is 6.12. The summed E-state index contributed by atoms with van der Waals surface area (Å²) in [4.78, 5) is 0. The number of anilines is 1. The average molecular weight is 227 g/mol. The maximum atomic E-state index is 5.99. The highest BCUT2D eigenvalue weighted by Gasteiger charge is 2.21. The Morgan fingerprint density at radius 2 is 2.06 bits per heavy atom. The van der Waals surface area contributed by atoms with Crippen molar-refractivity contribution in [3.63, 3.8) is 0 Å². The fourth-order valence-corrected chi connectivity index (χ4v) is 2.72. The third kappa shape index (κ3) is 1.82. The van der Waals surface area contributed by atoms with Gasteiger partial charge in [-0.25, -0.2) is 4.68 Å². The molecule has 0 saturated carbocycles. The maximum Gasteiger partial charge on any atom is 0.122 e. The summed E-state index contributed by atoms with van der Waals surface area (Å²) in [7, 11) is 0. The summed E-state index contributed by atoms with van der Waals surface area (Å²) < 4.78 is 1.99. The van der Waals surface area contributed by atoms with Crippen LogP contribution in [0.15, 0.2) is 30.3 Å². The summed E-state index contributed by atoms with van der Waals surface area (Å²) in [6, 6.07) is 11.0. The summed E-state index contributed by atoms with van der Waals surface area (Å²) in [5.41, 5.74) is 9.91. The average Bonchev–Trinajstić information content (AvgIpc) is 2.68. The van der Waals surface area contributed by atoms with Gasteiger partial charge in [-0.3, -0.25) is 0 Å². The molecule has 0 fully saturated rings. The molecule has 2 aromatic rings. The summed E-state index contributed by atoms with van der Waals surface area (Å²) in [5, 5.41) is 4.50. The number of nitrogen functional groups attached to an aromatic ring is 1. The van der Waals surface area contributed by atoms with Crippen LogP contribution in [0.2, 0.25) is 0 Å². The van der Waals surface area contributed by atoms with Gasteiger partial charge in [-0.05, 0) is 37.3 Å². The van der Waals surface area contributed by atoms with E-state index in [0.717, 1.165) is 30.8 Å². The molecule has 88 valence electrons. The van der Waals surface area contributed by atoms with Crippen LogP contribution in [0.25, 0.3) is 0 Å². The molecule has 1 aliphatic rings. The van der Waals surface area contributed by atoms with Crippen molar-refractivity contribution < 1.29 is 0 Å². The Balaban J connectivity index is 1.92. The Hall–Kier alpha value is -1.77. The van der Waals surface area contributed by atoms with E-state index in [1.54, 1.807) is 0 Å². The maximum absolute atomic E-state index is 5.99. The Labute approximate surface area is 101 Å². The highest BCUT2D eigenvalue weighted by atomic mass is 15.3. The van der Waals surface area contributed by atoms with Gasteiger partial charge in [-0.2, -0.15) is 5.10 Å². The molecule has 0 saturated heterocycles. The number of nitrogens with two attached hydrogens (primary N) is 1. The summed E-state index contributed by atoms with van der Waals surface area (Å²) in [6.45, 7) is 1.99. The summed E-state index contributed by atoms with van der Waals surface area (Å²) >= 11 is 0. The van der Waals surface area contributed by atoms with E-state index in [1.807, 2.05) is 17.7 Å². The second kappa shape index (κ2) is 3.91. The lowest BCUT2D eigenvalue weighted by atomic mass is 9.88. The van der Waals surface area contributed by atoms with Crippen LogP contribution in [0, 0.1) is 6.92 Å². The van der Waals surface area contributed by atoms with E-state index in [1.165, 1.54) is 11.1 Å². The first-order valence-corrected chi connectivity index (χ1v) is 6.12. The number of nitrogens with zero attached hydrogens (tertiary/aromatic N) is 2. The van der Waals surface area contributed by atoms with Gasteiger partial charge in [0.1, 0.15) is 5.82 Å². The molecular weight excluding hydrogens is 210 g/mol. The van der Waals surface area contributed by atoms with Crippen molar-refractivity contribution in [1.29, 1.82) is 0 Å². The lowest BCUT2D eigenvalue weighted by molar-refractivity contribution is 0.409. The highest BCUT2D eigenvalue weighted by Crippen LogP contribution is 2.29. The third-order valence-corrected chi connectivity index (χ3v) is 3.55. The van der Waals surface area contributed by atoms with E-state index in [4.69, 9.17) is 5.73 Å². The van der Waals surface area contributed by atoms with Gasteiger partial charge in [-0.1, -0.05) is 24.3 Å². The summed E-state index contributed by atoms with van der Waals surface area (Å²) in [6.07, 6.45) is 3.29. The highest BCUT2D eigenvalue weighted by molar-refractivity contribution is 5.34. The van der Waals surface area contributed by atoms with Gasteiger partial charge in [0.25, 0.3) is 0 Å². The SMILES string of the molecule is Cc1cc(N)n(C2CCc3ccccc3C2)n1. The smallest absolute Gasteiger partial charge is 0.122 e. The van der Waals surface area contributed by atoms with Crippen LogP contribution in [0.1, 0.15) is 29.3 Å². The monoisotopic (exact) mass is 227 g/mol. The van der Waals surface area contributed by atoms with E-state index >= 15 is 0 Å². The number of hydrogen-bond donors (Lipinski definition) is 1. The first kappa shape index (κ1) is 10.4. The zero-order chi connectivity index (χ0) is 11.8. The van der Waals surface area contributed by atoms with Crippen molar-refractivity contribution >= 4 is 5.82 Å². The quantitative estimate of drug-likeness (QED) is 0.813. The molecule has 0 amide bonds. The Bertz CT molecular complexity index is 542. The van der Waals surface area contributed by atoms with Crippen molar-refractivity contribution in [1.82, 2.24) is 9.78 Å². The predicted molar refractivity (Wildman–Crippen MR) is 68.9 cm³/mol. The standard InChI is InChI=1S/C14H17N3/c1-10-8-14(15)17(16-10)13-7-6-11-4-2-3-5-12(11)9-13/h2-5,8,13H,6-7,9,15H2,1H3. The van der Waals surface area contributed by atoms with Gasteiger partial charge < -0.3 is 5.73 Å². The minimum atomic E-state index is 0.415. The molecule has 3 nitrogen and oxygen atoms in total. The molecule has 1 aliphatic carbocycles. The lowest BCUT2D eigenvalue weighted by Gasteiger charge is -2.25. The number of fused-ring (bicyclic) bond motifs is 1. The molecule has 0 aliphatic heterocycles. The second-order valence-corrected chi connectivity index (χ2v) is 4.82. The Morgan fingerprint density at radius 3 is 2.76 bits per heavy atom. The fourth-order valence-electron chi connectivity index (χ4n) is 2.72. The Kier molecular flexibility index (Phi) is 2.39. The topological polar surface area (TPSA) is 43.8 Å². The molecule has 3 rings (SSSR count). The molecule has 1 heterocycles. The van der Waals surface area contributed by atoms with Crippen LogP contribution in [0.5, 0.6) is 0 Å². The molecule has 0 bridgehead atoms. The largest absolute Gasteiger partial charge is 0.384 e. The van der Waals surface area contributed by atoms with Crippen molar-refractivity contribution in [3.05, 3.63) is 47.2 Å². The molecule has 3 heteroatoms. The van der Waals surface area contributed by atoms with Gasteiger partial charge in [0, 0.05) is 6.07 Å². The lowest BCUT2D eigenvalue weighted by Crippen LogP contribution is -2.20. The van der Waals surface area contributed by atoms with Crippen LogP contribution in [-0.4, -0.2) is 9.78 Å². The molecule has 1 atom stereocenters. The van der Waals surface area contributed by atoms with Crippen LogP contribution in [-0.2, 0) is 12.8 Å². The number of aromatic nitrogens is 2. The zero-order valence-corrected chi connectivity index (χ0v) is 10.1. The number of rotatable bonds is 1. The van der Waals surface area contributed by atoms with E-state index < -0.39 is 0 Å². The molecule has 1 unspecified atom stereocenters. The van der Waals surface area contributed by atoms with Crippen LogP contribution in [0.3, 0.4) is 0 Å². The van der Waals surface area contributed by atoms with Gasteiger partial charge in [0.2, 0.25) is 0 Å². The van der Waals surface area contributed by atoms with Crippen molar-refractivity contribution in [2.24, 2.45) is 0 Å². The molecule has 0 spiro atoms. The zero-order valence-electron chi connectivity index (χ0n) is 10.1. The van der Waals surface area contributed by atoms with E-state index in [2.05, 4.69) is 29.4 Å². The molecular formula is C14H17N3.